The topological polar surface area (TPSA) is 75.3 Å². The van der Waals surface area contributed by atoms with Crippen LogP contribution < -0.4 is 11.1 Å². The van der Waals surface area contributed by atoms with Gasteiger partial charge in [-0.3, -0.25) is 4.79 Å². The van der Waals surface area contributed by atoms with Crippen molar-refractivity contribution in [1.29, 1.82) is 0 Å². The molecule has 0 aliphatic carbocycles. The Labute approximate surface area is 112 Å². The molecule has 100 valence electrons. The third-order valence-electron chi connectivity index (χ3n) is 2.60. The van der Waals surface area contributed by atoms with Gasteiger partial charge in [0.1, 0.15) is 0 Å². The van der Waals surface area contributed by atoms with Gasteiger partial charge in [-0.2, -0.15) is 0 Å². The van der Waals surface area contributed by atoms with Crippen molar-refractivity contribution in [1.82, 2.24) is 5.32 Å². The highest BCUT2D eigenvalue weighted by molar-refractivity contribution is 6.31. The maximum atomic E-state index is 11.9. The van der Waals surface area contributed by atoms with E-state index in [0.29, 0.717) is 22.7 Å². The number of nitrogens with two attached hydrogens (primary N) is 1. The van der Waals surface area contributed by atoms with Gasteiger partial charge in [-0.25, -0.2) is 0 Å². The molecule has 1 aromatic carbocycles. The van der Waals surface area contributed by atoms with Crippen LogP contribution in [0, 0.1) is 0 Å². The lowest BCUT2D eigenvalue weighted by atomic mass is 10.0. The van der Waals surface area contributed by atoms with E-state index in [1.807, 2.05) is 6.92 Å². The highest BCUT2D eigenvalue weighted by Crippen LogP contribution is 2.17. The van der Waals surface area contributed by atoms with Crippen molar-refractivity contribution in [2.24, 2.45) is 0 Å². The Bertz CT molecular complexity index is 413. The summed E-state index contributed by atoms with van der Waals surface area (Å²) in [6.07, 6.45) is 1.48. The molecule has 0 aliphatic rings. The number of anilines is 1. The molecule has 0 saturated carbocycles. The van der Waals surface area contributed by atoms with Gasteiger partial charge in [0.15, 0.2) is 0 Å². The first kappa shape index (κ1) is 14.8. The van der Waals surface area contributed by atoms with Crippen molar-refractivity contribution in [3.63, 3.8) is 0 Å². The highest BCUT2D eigenvalue weighted by atomic mass is 35.5. The first-order valence-corrected chi connectivity index (χ1v) is 6.28. The summed E-state index contributed by atoms with van der Waals surface area (Å²) in [5.41, 5.74) is 5.55. The molecule has 18 heavy (non-hydrogen) atoms. The summed E-state index contributed by atoms with van der Waals surface area (Å²) < 4.78 is 0. The Hall–Kier alpha value is -1.26. The molecule has 4 nitrogen and oxygen atoms in total. The third-order valence-corrected chi connectivity index (χ3v) is 2.82. The molecule has 1 atom stereocenters. The maximum Gasteiger partial charge on any atom is 0.251 e. The van der Waals surface area contributed by atoms with Crippen LogP contribution in [-0.2, 0) is 0 Å². The monoisotopic (exact) mass is 270 g/mol. The Kier molecular flexibility index (Phi) is 4.99. The Balaban J connectivity index is 2.66. The SMILES string of the molecule is CCCC(C)(O)CNC(=O)c1cc(N)cc(Cl)c1. The van der Waals surface area contributed by atoms with Crippen molar-refractivity contribution in [2.75, 3.05) is 12.3 Å². The van der Waals surface area contributed by atoms with Crippen LogP contribution in [-0.4, -0.2) is 23.2 Å². The van der Waals surface area contributed by atoms with Crippen LogP contribution in [0.5, 0.6) is 0 Å². The molecule has 1 unspecified atom stereocenters. The number of hydrogen-bond acceptors (Lipinski definition) is 3. The standard InChI is InChI=1S/C13H19ClN2O2/c1-3-4-13(2,18)8-16-12(17)9-5-10(14)7-11(15)6-9/h5-7,18H,3-4,8,15H2,1-2H3,(H,16,17). The second kappa shape index (κ2) is 6.07. The normalized spacial score (nSPS) is 14.0. The first-order chi connectivity index (χ1) is 8.34. The van der Waals surface area contributed by atoms with E-state index in [0.717, 1.165) is 6.42 Å². The van der Waals surface area contributed by atoms with E-state index in [9.17, 15) is 9.90 Å². The molecule has 0 radical (unpaired) electrons. The summed E-state index contributed by atoms with van der Waals surface area (Å²) in [5, 5.41) is 13.0. The molecule has 1 rings (SSSR count). The van der Waals surface area contributed by atoms with E-state index in [1.165, 1.54) is 0 Å². The smallest absolute Gasteiger partial charge is 0.251 e. The summed E-state index contributed by atoms with van der Waals surface area (Å²) in [6.45, 7) is 3.88. The second-order valence-corrected chi connectivity index (χ2v) is 5.14. The van der Waals surface area contributed by atoms with Crippen LogP contribution in [0.3, 0.4) is 0 Å². The van der Waals surface area contributed by atoms with Gasteiger partial charge in [-0.05, 0) is 31.5 Å². The second-order valence-electron chi connectivity index (χ2n) is 4.70. The molecule has 1 aromatic rings. The zero-order valence-electron chi connectivity index (χ0n) is 10.7. The van der Waals surface area contributed by atoms with Crippen LogP contribution in [0.4, 0.5) is 5.69 Å². The Morgan fingerprint density at radius 1 is 1.50 bits per heavy atom. The quantitative estimate of drug-likeness (QED) is 0.718. The zero-order valence-corrected chi connectivity index (χ0v) is 11.4. The number of benzene rings is 1. The van der Waals surface area contributed by atoms with Crippen molar-refractivity contribution in [3.05, 3.63) is 28.8 Å². The minimum atomic E-state index is -0.894. The van der Waals surface area contributed by atoms with Crippen LogP contribution >= 0.6 is 11.6 Å². The Morgan fingerprint density at radius 2 is 2.17 bits per heavy atom. The van der Waals surface area contributed by atoms with Crippen LogP contribution in [0.15, 0.2) is 18.2 Å². The average molecular weight is 271 g/mol. The molecule has 0 spiro atoms. The minimum Gasteiger partial charge on any atom is -0.399 e. The van der Waals surface area contributed by atoms with Crippen molar-refractivity contribution in [2.45, 2.75) is 32.3 Å². The fourth-order valence-corrected chi connectivity index (χ4v) is 1.99. The lowest BCUT2D eigenvalue weighted by Crippen LogP contribution is -2.40. The van der Waals surface area contributed by atoms with Crippen LogP contribution in [0.1, 0.15) is 37.0 Å². The first-order valence-electron chi connectivity index (χ1n) is 5.91. The fourth-order valence-electron chi connectivity index (χ4n) is 1.74. The van der Waals surface area contributed by atoms with Gasteiger partial charge in [-0.15, -0.1) is 0 Å². The van der Waals surface area contributed by atoms with Gasteiger partial charge in [0, 0.05) is 22.8 Å². The summed E-state index contributed by atoms with van der Waals surface area (Å²) in [4.78, 5) is 11.9. The predicted molar refractivity (Wildman–Crippen MR) is 73.7 cm³/mol. The third kappa shape index (κ3) is 4.55. The van der Waals surface area contributed by atoms with Crippen LogP contribution in [0.2, 0.25) is 5.02 Å². The van der Waals surface area contributed by atoms with Gasteiger partial charge in [0.2, 0.25) is 0 Å². The van der Waals surface area contributed by atoms with Crippen molar-refractivity contribution < 1.29 is 9.90 Å². The number of nitrogens with one attached hydrogen (secondary N) is 1. The van der Waals surface area contributed by atoms with E-state index in [4.69, 9.17) is 17.3 Å². The summed E-state index contributed by atoms with van der Waals surface area (Å²) >= 11 is 5.82. The Morgan fingerprint density at radius 3 is 2.72 bits per heavy atom. The number of rotatable bonds is 5. The number of carbonyl (C=O) groups is 1. The molecular weight excluding hydrogens is 252 g/mol. The molecule has 0 bridgehead atoms. The van der Waals surface area contributed by atoms with E-state index in [2.05, 4.69) is 5.32 Å². The largest absolute Gasteiger partial charge is 0.399 e. The molecular formula is C13H19ClN2O2. The summed E-state index contributed by atoms with van der Waals surface area (Å²) in [7, 11) is 0. The maximum absolute atomic E-state index is 11.9. The average Bonchev–Trinajstić information content (AvgIpc) is 2.24. The molecule has 0 fully saturated rings. The lowest BCUT2D eigenvalue weighted by Gasteiger charge is -2.22. The number of aliphatic hydroxyl groups is 1. The minimum absolute atomic E-state index is 0.200. The number of nitrogen functional groups attached to an aromatic ring is 1. The number of hydrogen-bond donors (Lipinski definition) is 3. The van der Waals surface area contributed by atoms with Crippen molar-refractivity contribution in [3.8, 4) is 0 Å². The molecule has 0 heterocycles. The number of carbonyl (C=O) groups excluding carboxylic acids is 1. The summed E-state index contributed by atoms with van der Waals surface area (Å²) in [6, 6.07) is 4.67. The number of halogens is 1. The van der Waals surface area contributed by atoms with Gasteiger partial charge in [0.05, 0.1) is 5.60 Å². The predicted octanol–water partition coefficient (Wildman–Crippen LogP) is 2.20. The van der Waals surface area contributed by atoms with Gasteiger partial charge < -0.3 is 16.2 Å². The van der Waals surface area contributed by atoms with E-state index < -0.39 is 5.60 Å². The number of amides is 1. The van der Waals surface area contributed by atoms with Gasteiger partial charge in [0.25, 0.3) is 5.91 Å². The molecule has 1 amide bonds. The molecule has 0 saturated heterocycles. The zero-order chi connectivity index (χ0) is 13.8. The van der Waals surface area contributed by atoms with Crippen LogP contribution in [0.25, 0.3) is 0 Å². The molecule has 5 heteroatoms. The fraction of sp³-hybridized carbons (Fsp3) is 0.462. The van der Waals surface area contributed by atoms with E-state index in [1.54, 1.807) is 25.1 Å². The summed E-state index contributed by atoms with van der Waals surface area (Å²) in [5.74, 6) is -0.291. The van der Waals surface area contributed by atoms with Gasteiger partial charge in [-0.1, -0.05) is 24.9 Å². The molecule has 4 N–H and O–H groups in total. The van der Waals surface area contributed by atoms with Crippen molar-refractivity contribution >= 4 is 23.2 Å². The molecule has 0 aliphatic heterocycles. The highest BCUT2D eigenvalue weighted by Gasteiger charge is 2.20. The lowest BCUT2D eigenvalue weighted by molar-refractivity contribution is 0.0469. The van der Waals surface area contributed by atoms with Gasteiger partial charge >= 0.3 is 0 Å². The van der Waals surface area contributed by atoms with E-state index >= 15 is 0 Å². The molecule has 0 aromatic heterocycles. The van der Waals surface area contributed by atoms with E-state index in [-0.39, 0.29) is 12.5 Å².